The molecule has 0 bridgehead atoms. The van der Waals surface area contributed by atoms with Crippen molar-refractivity contribution in [3.05, 3.63) is 99.6 Å². The van der Waals surface area contributed by atoms with Gasteiger partial charge in [0.25, 0.3) is 5.91 Å². The summed E-state index contributed by atoms with van der Waals surface area (Å²) in [4.78, 5) is 44.0. The van der Waals surface area contributed by atoms with Gasteiger partial charge in [-0.15, -0.1) is 0 Å². The molecule has 2 unspecified atom stereocenters. The minimum atomic E-state index is -0.979. The smallest absolute Gasteiger partial charge is 0.408 e. The fourth-order valence-electron chi connectivity index (χ4n) is 5.45. The summed E-state index contributed by atoms with van der Waals surface area (Å²) in [7, 11) is 0. The van der Waals surface area contributed by atoms with E-state index in [0.717, 1.165) is 53.5 Å². The molecule has 0 aromatic heterocycles. The SMILES string of the molecule is CCCCCCCN(C(=O)C(Cc1ccccc1)NC(=O)OC(C)(C)C)C(C(=O)Nc1c(C)cccc1Cl)c1cccc(C)c1C. The van der Waals surface area contributed by atoms with Gasteiger partial charge in [-0.25, -0.2) is 4.79 Å². The summed E-state index contributed by atoms with van der Waals surface area (Å²) in [5.41, 5.74) is 4.09. The van der Waals surface area contributed by atoms with Crippen molar-refractivity contribution >= 4 is 35.2 Å². The third-order valence-electron chi connectivity index (χ3n) is 8.03. The molecule has 0 fully saturated rings. The molecule has 248 valence electrons. The van der Waals surface area contributed by atoms with Gasteiger partial charge in [0.1, 0.15) is 17.7 Å². The average molecular weight is 648 g/mol. The third-order valence-corrected chi connectivity index (χ3v) is 8.34. The minimum absolute atomic E-state index is 0.232. The van der Waals surface area contributed by atoms with Crippen LogP contribution >= 0.6 is 11.6 Å². The predicted octanol–water partition coefficient (Wildman–Crippen LogP) is 8.88. The molecule has 0 saturated heterocycles. The molecule has 0 aliphatic carbocycles. The molecule has 0 spiro atoms. The van der Waals surface area contributed by atoms with Gasteiger partial charge >= 0.3 is 6.09 Å². The molecule has 0 radical (unpaired) electrons. The number of nitrogens with one attached hydrogen (secondary N) is 2. The van der Waals surface area contributed by atoms with Gasteiger partial charge in [-0.05, 0) is 81.8 Å². The quantitative estimate of drug-likeness (QED) is 0.171. The van der Waals surface area contributed by atoms with Crippen LogP contribution in [-0.2, 0) is 20.7 Å². The highest BCUT2D eigenvalue weighted by Crippen LogP contribution is 2.32. The number of carbonyl (C=O) groups is 3. The fourth-order valence-corrected chi connectivity index (χ4v) is 5.72. The summed E-state index contributed by atoms with van der Waals surface area (Å²) >= 11 is 6.55. The minimum Gasteiger partial charge on any atom is -0.444 e. The molecule has 7 nitrogen and oxygen atoms in total. The molecule has 3 aromatic rings. The van der Waals surface area contributed by atoms with E-state index in [9.17, 15) is 14.4 Å². The van der Waals surface area contributed by atoms with Crippen LogP contribution in [0.2, 0.25) is 5.02 Å². The summed E-state index contributed by atoms with van der Waals surface area (Å²) in [6.45, 7) is 13.7. The number of hydrogen-bond acceptors (Lipinski definition) is 4. The third kappa shape index (κ3) is 10.6. The maximum Gasteiger partial charge on any atom is 0.408 e. The Labute approximate surface area is 280 Å². The van der Waals surface area contributed by atoms with E-state index >= 15 is 0 Å². The first-order valence-corrected chi connectivity index (χ1v) is 16.7. The molecule has 0 saturated carbocycles. The number of halogens is 1. The predicted molar refractivity (Wildman–Crippen MR) is 187 cm³/mol. The number of rotatable bonds is 14. The fraction of sp³-hybridized carbons (Fsp3) is 0.447. The number of ether oxygens (including phenoxy) is 1. The van der Waals surface area contributed by atoms with E-state index in [1.807, 2.05) is 81.4 Å². The van der Waals surface area contributed by atoms with Gasteiger partial charge in [0.05, 0.1) is 10.7 Å². The van der Waals surface area contributed by atoms with E-state index in [0.29, 0.717) is 23.7 Å². The number of aryl methyl sites for hydroxylation is 2. The van der Waals surface area contributed by atoms with Crippen molar-refractivity contribution in [1.82, 2.24) is 10.2 Å². The van der Waals surface area contributed by atoms with Gasteiger partial charge < -0.3 is 20.3 Å². The van der Waals surface area contributed by atoms with Gasteiger partial charge in [0.15, 0.2) is 0 Å². The molecule has 0 heterocycles. The van der Waals surface area contributed by atoms with Gasteiger partial charge in [-0.2, -0.15) is 0 Å². The molecule has 0 aliphatic heterocycles. The van der Waals surface area contributed by atoms with E-state index in [4.69, 9.17) is 16.3 Å². The van der Waals surface area contributed by atoms with Crippen molar-refractivity contribution in [2.45, 2.75) is 105 Å². The van der Waals surface area contributed by atoms with Crippen molar-refractivity contribution in [2.75, 3.05) is 11.9 Å². The molecule has 3 aromatic carbocycles. The number of amides is 3. The molecule has 2 N–H and O–H groups in total. The van der Waals surface area contributed by atoms with Crippen LogP contribution in [0.15, 0.2) is 66.7 Å². The van der Waals surface area contributed by atoms with Crippen LogP contribution in [-0.4, -0.2) is 41.0 Å². The Balaban J connectivity index is 2.13. The number of alkyl carbamates (subject to hydrolysis) is 1. The zero-order valence-electron chi connectivity index (χ0n) is 28.4. The van der Waals surface area contributed by atoms with Crippen LogP contribution < -0.4 is 10.6 Å². The Hall–Kier alpha value is -3.84. The molecular weight excluding hydrogens is 598 g/mol. The van der Waals surface area contributed by atoms with Gasteiger partial charge in [0, 0.05) is 13.0 Å². The Bertz CT molecular complexity index is 1450. The summed E-state index contributed by atoms with van der Waals surface area (Å²) in [6.07, 6.45) is 4.37. The molecular formula is C38H50ClN3O4. The van der Waals surface area contributed by atoms with E-state index in [2.05, 4.69) is 17.6 Å². The van der Waals surface area contributed by atoms with Crippen molar-refractivity contribution in [1.29, 1.82) is 0 Å². The van der Waals surface area contributed by atoms with E-state index < -0.39 is 23.8 Å². The second kappa shape index (κ2) is 17.2. The Morgan fingerprint density at radius 2 is 1.50 bits per heavy atom. The van der Waals surface area contributed by atoms with Crippen LogP contribution in [0, 0.1) is 20.8 Å². The summed E-state index contributed by atoms with van der Waals surface area (Å²) in [5, 5.41) is 6.32. The van der Waals surface area contributed by atoms with Crippen LogP contribution in [0.4, 0.5) is 10.5 Å². The van der Waals surface area contributed by atoms with Crippen LogP contribution in [0.3, 0.4) is 0 Å². The lowest BCUT2D eigenvalue weighted by Crippen LogP contribution is -2.53. The highest BCUT2D eigenvalue weighted by Gasteiger charge is 2.37. The maximum atomic E-state index is 14.8. The number of nitrogens with zero attached hydrogens (tertiary/aromatic N) is 1. The van der Waals surface area contributed by atoms with Gasteiger partial charge in [-0.1, -0.05) is 105 Å². The lowest BCUT2D eigenvalue weighted by molar-refractivity contribution is -0.140. The van der Waals surface area contributed by atoms with Crippen LogP contribution in [0.25, 0.3) is 0 Å². The van der Waals surface area contributed by atoms with Crippen LogP contribution in [0.1, 0.15) is 93.7 Å². The van der Waals surface area contributed by atoms with Crippen molar-refractivity contribution in [2.24, 2.45) is 0 Å². The normalized spacial score (nSPS) is 12.6. The van der Waals surface area contributed by atoms with Gasteiger partial charge in [-0.3, -0.25) is 9.59 Å². The first kappa shape index (κ1) is 36.6. The molecule has 2 atom stereocenters. The Morgan fingerprint density at radius 1 is 0.848 bits per heavy atom. The molecule has 3 amide bonds. The number of anilines is 1. The van der Waals surface area contributed by atoms with Gasteiger partial charge in [0.2, 0.25) is 5.91 Å². The summed E-state index contributed by atoms with van der Waals surface area (Å²) < 4.78 is 5.58. The van der Waals surface area contributed by atoms with Crippen LogP contribution in [0.5, 0.6) is 0 Å². The van der Waals surface area contributed by atoms with Crippen molar-refractivity contribution in [3.63, 3.8) is 0 Å². The lowest BCUT2D eigenvalue weighted by atomic mass is 9.94. The van der Waals surface area contributed by atoms with E-state index in [1.54, 1.807) is 31.7 Å². The standard InChI is InChI=1S/C38H50ClN3O4/c1-8-9-10-11-15-24-42(36(44)32(25-29-20-13-12-14-21-29)40-37(45)46-38(5,6)7)34(30-22-16-18-26(2)28(30)4)35(43)41-33-27(3)19-17-23-31(33)39/h12-14,16-23,32,34H,8-11,15,24-25H2,1-7H3,(H,40,45)(H,41,43). The highest BCUT2D eigenvalue weighted by atomic mass is 35.5. The first-order chi connectivity index (χ1) is 21.8. The number of hydrogen-bond donors (Lipinski definition) is 2. The first-order valence-electron chi connectivity index (χ1n) is 16.3. The number of benzene rings is 3. The number of carbonyl (C=O) groups excluding carboxylic acids is 3. The zero-order chi connectivity index (χ0) is 33.9. The highest BCUT2D eigenvalue weighted by molar-refractivity contribution is 6.34. The van der Waals surface area contributed by atoms with Crippen molar-refractivity contribution < 1.29 is 19.1 Å². The second-order valence-electron chi connectivity index (χ2n) is 12.9. The molecule has 8 heteroatoms. The maximum absolute atomic E-state index is 14.8. The molecule has 3 rings (SSSR count). The zero-order valence-corrected chi connectivity index (χ0v) is 29.2. The summed E-state index contributed by atoms with van der Waals surface area (Å²) in [6, 6.07) is 18.8. The monoisotopic (exact) mass is 647 g/mol. The Kier molecular flexibility index (Phi) is 13.7. The van der Waals surface area contributed by atoms with Crippen molar-refractivity contribution in [3.8, 4) is 0 Å². The second-order valence-corrected chi connectivity index (χ2v) is 13.4. The molecule has 0 aliphatic rings. The Morgan fingerprint density at radius 3 is 2.15 bits per heavy atom. The average Bonchev–Trinajstić information content (AvgIpc) is 2.99. The molecule has 46 heavy (non-hydrogen) atoms. The number of unbranched alkanes of at least 4 members (excludes halogenated alkanes) is 4. The summed E-state index contributed by atoms with van der Waals surface area (Å²) in [5.74, 6) is -0.732. The van der Waals surface area contributed by atoms with E-state index in [-0.39, 0.29) is 18.2 Å². The largest absolute Gasteiger partial charge is 0.444 e. The topological polar surface area (TPSA) is 87.7 Å². The van der Waals surface area contributed by atoms with E-state index in [1.165, 1.54) is 0 Å². The number of para-hydroxylation sites is 1. The lowest BCUT2D eigenvalue weighted by Gasteiger charge is -2.35.